The van der Waals surface area contributed by atoms with Gasteiger partial charge in [-0.1, -0.05) is 19.1 Å². The summed E-state index contributed by atoms with van der Waals surface area (Å²) in [6.45, 7) is 3.43. The summed E-state index contributed by atoms with van der Waals surface area (Å²) in [6, 6.07) is 6.52. The number of nitrogens with zero attached hydrogens (tertiary/aromatic N) is 1. The first kappa shape index (κ1) is 22.0. The molecule has 3 aromatic rings. The Morgan fingerprint density at radius 2 is 1.83 bits per heavy atom. The lowest BCUT2D eigenvalue weighted by Crippen LogP contribution is -2.25. The van der Waals surface area contributed by atoms with Crippen LogP contribution < -0.4 is 5.32 Å². The van der Waals surface area contributed by atoms with Gasteiger partial charge in [0.05, 0.1) is 16.6 Å². The number of halogens is 5. The largest absolute Gasteiger partial charge is 0.416 e. The molecule has 0 radical (unpaired) electrons. The van der Waals surface area contributed by atoms with Crippen LogP contribution in [0.3, 0.4) is 0 Å². The fourth-order valence-electron chi connectivity index (χ4n) is 3.01. The first-order valence-electron chi connectivity index (χ1n) is 8.98. The van der Waals surface area contributed by atoms with E-state index in [4.69, 9.17) is 0 Å². The number of carbonyl (C=O) groups is 1. The van der Waals surface area contributed by atoms with Crippen LogP contribution in [0.5, 0.6) is 0 Å². The lowest BCUT2D eigenvalue weighted by Gasteiger charge is -2.15. The van der Waals surface area contributed by atoms with Crippen molar-refractivity contribution >= 4 is 28.6 Å². The van der Waals surface area contributed by atoms with Gasteiger partial charge in [-0.25, -0.2) is 13.8 Å². The lowest BCUT2D eigenvalue weighted by atomic mass is 10.0. The van der Waals surface area contributed by atoms with Crippen LogP contribution in [0.4, 0.5) is 22.0 Å². The van der Waals surface area contributed by atoms with Crippen molar-refractivity contribution in [1.29, 1.82) is 0 Å². The number of hydrogen-bond acceptors (Lipinski definition) is 3. The number of hydrogen-bond donors (Lipinski definition) is 1. The zero-order valence-electron chi connectivity index (χ0n) is 16.0. The fraction of sp³-hybridized carbons (Fsp3) is 0.238. The second-order valence-corrected chi connectivity index (χ2v) is 7.76. The summed E-state index contributed by atoms with van der Waals surface area (Å²) in [4.78, 5) is 17.1. The molecule has 0 aliphatic heterocycles. The number of nitrogens with one attached hydrogen (secondary N) is 1. The number of aryl methyl sites for hydroxylation is 1. The molecule has 1 heterocycles. The Morgan fingerprint density at radius 1 is 1.10 bits per heavy atom. The normalized spacial score (nSPS) is 11.7. The molecule has 3 nitrogen and oxygen atoms in total. The van der Waals surface area contributed by atoms with Gasteiger partial charge in [0.2, 0.25) is 0 Å². The Hall–Kier alpha value is -2.68. The molecule has 0 aliphatic rings. The molecule has 3 rings (SSSR count). The minimum absolute atomic E-state index is 0.0449. The Kier molecular flexibility index (Phi) is 6.30. The van der Waals surface area contributed by atoms with E-state index in [0.717, 1.165) is 24.3 Å². The molecule has 0 saturated heterocycles. The van der Waals surface area contributed by atoms with E-state index in [-0.39, 0.29) is 17.6 Å². The number of amides is 1. The second kappa shape index (κ2) is 8.59. The number of rotatable bonds is 5. The van der Waals surface area contributed by atoms with Gasteiger partial charge in [-0.3, -0.25) is 4.79 Å². The molecule has 0 unspecified atom stereocenters. The maximum Gasteiger partial charge on any atom is 0.416 e. The first-order valence-corrected chi connectivity index (χ1v) is 9.96. The fourth-order valence-corrected chi connectivity index (χ4v) is 3.83. The van der Waals surface area contributed by atoms with E-state index in [1.54, 1.807) is 6.92 Å². The summed E-state index contributed by atoms with van der Waals surface area (Å²) < 4.78 is 65.5. The molecule has 1 N–H and O–H groups in total. The highest BCUT2D eigenvalue weighted by Crippen LogP contribution is 2.34. The standard InChI is InChI=1S/C21H17F5N2OS/c1-3-30-20-18(19(29)27-10-12-4-7-15(22)16(23)8-12)11(2)14-6-5-13(21(24,25)26)9-17(14)28-20/h4-9H,3,10H2,1-2H3,(H,27,29). The molecule has 2 aromatic carbocycles. The van der Waals surface area contributed by atoms with Crippen LogP contribution in [-0.2, 0) is 12.7 Å². The molecule has 0 spiro atoms. The van der Waals surface area contributed by atoms with Gasteiger partial charge in [-0.05, 0) is 48.1 Å². The van der Waals surface area contributed by atoms with Gasteiger partial charge in [0.25, 0.3) is 5.91 Å². The molecule has 9 heteroatoms. The summed E-state index contributed by atoms with van der Waals surface area (Å²) in [5.74, 6) is -1.95. The number of aromatic nitrogens is 1. The summed E-state index contributed by atoms with van der Waals surface area (Å²) in [5.41, 5.74) is 0.442. The van der Waals surface area contributed by atoms with Crippen molar-refractivity contribution in [3.63, 3.8) is 0 Å². The van der Waals surface area contributed by atoms with Gasteiger partial charge in [-0.15, -0.1) is 11.8 Å². The van der Waals surface area contributed by atoms with Crippen LogP contribution in [0.1, 0.15) is 34.0 Å². The molecule has 0 saturated carbocycles. The molecule has 1 aromatic heterocycles. The second-order valence-electron chi connectivity index (χ2n) is 6.51. The van der Waals surface area contributed by atoms with Gasteiger partial charge in [0, 0.05) is 11.9 Å². The molecule has 158 valence electrons. The molecule has 0 atom stereocenters. The van der Waals surface area contributed by atoms with Crippen LogP contribution in [0.15, 0.2) is 41.4 Å². The van der Waals surface area contributed by atoms with Gasteiger partial charge in [0.1, 0.15) is 5.03 Å². The van der Waals surface area contributed by atoms with Crippen LogP contribution >= 0.6 is 11.8 Å². The molecule has 1 amide bonds. The first-order chi connectivity index (χ1) is 14.1. The van der Waals surface area contributed by atoms with E-state index >= 15 is 0 Å². The number of benzene rings is 2. The minimum atomic E-state index is -4.50. The Labute approximate surface area is 173 Å². The van der Waals surface area contributed by atoms with Crippen molar-refractivity contribution < 1.29 is 26.7 Å². The highest BCUT2D eigenvalue weighted by Gasteiger charge is 2.31. The molecular formula is C21H17F5N2OS. The monoisotopic (exact) mass is 440 g/mol. The molecule has 0 aliphatic carbocycles. The van der Waals surface area contributed by atoms with Gasteiger partial charge in [-0.2, -0.15) is 13.2 Å². The van der Waals surface area contributed by atoms with Crippen molar-refractivity contribution in [3.8, 4) is 0 Å². The minimum Gasteiger partial charge on any atom is -0.348 e. The number of pyridine rings is 1. The Morgan fingerprint density at radius 3 is 2.47 bits per heavy atom. The van der Waals surface area contributed by atoms with E-state index < -0.39 is 29.3 Å². The smallest absolute Gasteiger partial charge is 0.348 e. The maximum atomic E-state index is 13.4. The van der Waals surface area contributed by atoms with E-state index in [1.165, 1.54) is 23.9 Å². The topological polar surface area (TPSA) is 42.0 Å². The van der Waals surface area contributed by atoms with Crippen LogP contribution in [0.25, 0.3) is 10.9 Å². The van der Waals surface area contributed by atoms with Gasteiger partial charge in [0.15, 0.2) is 11.6 Å². The summed E-state index contributed by atoms with van der Waals surface area (Å²) >= 11 is 1.24. The summed E-state index contributed by atoms with van der Waals surface area (Å²) in [5, 5.41) is 3.38. The van der Waals surface area contributed by atoms with Gasteiger partial charge >= 0.3 is 6.18 Å². The predicted octanol–water partition coefficient (Wildman–Crippen LogP) is 5.88. The van der Waals surface area contributed by atoms with Crippen molar-refractivity contribution in [3.05, 3.63) is 70.3 Å². The molecule has 0 fully saturated rings. The number of thioether (sulfide) groups is 1. The molecule has 30 heavy (non-hydrogen) atoms. The maximum absolute atomic E-state index is 13.4. The third-order valence-electron chi connectivity index (χ3n) is 4.49. The summed E-state index contributed by atoms with van der Waals surface area (Å²) in [7, 11) is 0. The van der Waals surface area contributed by atoms with Crippen LogP contribution in [-0.4, -0.2) is 16.6 Å². The number of alkyl halides is 3. The Bertz CT molecular complexity index is 1110. The average Bonchev–Trinajstić information content (AvgIpc) is 2.68. The van der Waals surface area contributed by atoms with E-state index in [9.17, 15) is 26.7 Å². The number of fused-ring (bicyclic) bond motifs is 1. The highest BCUT2D eigenvalue weighted by molar-refractivity contribution is 7.99. The van der Waals surface area contributed by atoms with E-state index in [1.807, 2.05) is 6.92 Å². The summed E-state index contributed by atoms with van der Waals surface area (Å²) in [6.07, 6.45) is -4.50. The quantitative estimate of drug-likeness (QED) is 0.398. The van der Waals surface area contributed by atoms with Gasteiger partial charge < -0.3 is 5.32 Å². The third-order valence-corrected chi connectivity index (χ3v) is 5.34. The lowest BCUT2D eigenvalue weighted by molar-refractivity contribution is -0.137. The van der Waals surface area contributed by atoms with Crippen molar-refractivity contribution in [1.82, 2.24) is 10.3 Å². The zero-order chi connectivity index (χ0) is 22.1. The third kappa shape index (κ3) is 4.56. The SMILES string of the molecule is CCSc1nc2cc(C(F)(F)F)ccc2c(C)c1C(=O)NCc1ccc(F)c(F)c1. The molecule has 0 bridgehead atoms. The highest BCUT2D eigenvalue weighted by atomic mass is 32.2. The Balaban J connectivity index is 1.98. The molecular weight excluding hydrogens is 423 g/mol. The zero-order valence-corrected chi connectivity index (χ0v) is 16.8. The van der Waals surface area contributed by atoms with E-state index in [0.29, 0.717) is 27.3 Å². The van der Waals surface area contributed by atoms with Crippen LogP contribution in [0, 0.1) is 18.6 Å². The average molecular weight is 440 g/mol. The van der Waals surface area contributed by atoms with Crippen molar-refractivity contribution in [2.75, 3.05) is 5.75 Å². The van der Waals surface area contributed by atoms with E-state index in [2.05, 4.69) is 10.3 Å². The van der Waals surface area contributed by atoms with Crippen molar-refractivity contribution in [2.24, 2.45) is 0 Å². The number of carbonyl (C=O) groups excluding carboxylic acids is 1. The van der Waals surface area contributed by atoms with Crippen molar-refractivity contribution in [2.45, 2.75) is 31.6 Å². The predicted molar refractivity (Wildman–Crippen MR) is 105 cm³/mol. The van der Waals surface area contributed by atoms with Crippen LogP contribution in [0.2, 0.25) is 0 Å².